The first kappa shape index (κ1) is 31.8. The van der Waals surface area contributed by atoms with E-state index in [9.17, 15) is 14.7 Å². The van der Waals surface area contributed by atoms with Crippen molar-refractivity contribution in [3.05, 3.63) is 100 Å². The maximum Gasteiger partial charge on any atom is 0.347 e. The summed E-state index contributed by atoms with van der Waals surface area (Å²) in [5, 5.41) is 13.2. The highest BCUT2D eigenvalue weighted by molar-refractivity contribution is 5.99. The second-order valence-corrected chi connectivity index (χ2v) is 13.3. The Kier molecular flexibility index (Phi) is 9.05. The van der Waals surface area contributed by atoms with Gasteiger partial charge in [0.2, 0.25) is 0 Å². The lowest BCUT2D eigenvalue weighted by Gasteiger charge is -2.22. The standard InChI is InChI=1S/C36H43FN2O4/c1-22(2)20-39-21-26(17-24-11-9-14-28(18-24)43-36(7,8)34(41)42)29-15-16-30(31(37)32(29)39)33(40)38-23(3)25-12-10-13-27(19-25)35(4,5)6/h9-16,18-19,21-23H,17,20H2,1-8H3,(H,38,40)(H,41,42)/t23-/m0/s1. The van der Waals surface area contributed by atoms with Gasteiger partial charge in [0, 0.05) is 18.1 Å². The molecule has 1 atom stereocenters. The summed E-state index contributed by atoms with van der Waals surface area (Å²) in [6, 6.07) is 18.5. The molecule has 0 unspecified atom stereocenters. The van der Waals surface area contributed by atoms with Crippen LogP contribution in [0, 0.1) is 11.7 Å². The van der Waals surface area contributed by atoms with Crippen molar-refractivity contribution in [1.29, 1.82) is 0 Å². The SMILES string of the molecule is CC(C)Cn1cc(Cc2cccc(OC(C)(C)C(=O)O)c2)c2ccc(C(=O)N[C@@H](C)c3cccc(C(C)(C)C)c3)c(F)c21. The van der Waals surface area contributed by atoms with Crippen molar-refractivity contribution < 1.29 is 23.8 Å². The van der Waals surface area contributed by atoms with Gasteiger partial charge < -0.3 is 19.7 Å². The lowest BCUT2D eigenvalue weighted by Crippen LogP contribution is -2.37. The fourth-order valence-corrected chi connectivity index (χ4v) is 5.19. The summed E-state index contributed by atoms with van der Waals surface area (Å²) in [6.07, 6.45) is 2.43. The summed E-state index contributed by atoms with van der Waals surface area (Å²) in [5.74, 6) is -1.36. The second kappa shape index (κ2) is 12.2. The Morgan fingerprint density at radius 3 is 2.33 bits per heavy atom. The van der Waals surface area contributed by atoms with Crippen molar-refractivity contribution in [2.24, 2.45) is 5.92 Å². The molecule has 4 rings (SSSR count). The van der Waals surface area contributed by atoms with E-state index in [-0.39, 0.29) is 22.9 Å². The molecule has 0 aliphatic carbocycles. The monoisotopic (exact) mass is 586 g/mol. The molecule has 43 heavy (non-hydrogen) atoms. The first-order valence-electron chi connectivity index (χ1n) is 14.8. The molecule has 1 heterocycles. The predicted molar refractivity (Wildman–Crippen MR) is 169 cm³/mol. The Morgan fingerprint density at radius 2 is 1.67 bits per heavy atom. The number of carbonyl (C=O) groups excluding carboxylic acids is 1. The number of aromatic nitrogens is 1. The number of fused-ring (bicyclic) bond motifs is 1. The maximum atomic E-state index is 16.2. The molecule has 6 nitrogen and oxygen atoms in total. The third-order valence-electron chi connectivity index (χ3n) is 7.65. The van der Waals surface area contributed by atoms with Gasteiger partial charge in [0.25, 0.3) is 5.91 Å². The largest absolute Gasteiger partial charge is 0.478 e. The minimum absolute atomic E-state index is 0.00674. The summed E-state index contributed by atoms with van der Waals surface area (Å²) in [4.78, 5) is 24.9. The Bertz CT molecular complexity index is 1650. The molecule has 0 radical (unpaired) electrons. The minimum Gasteiger partial charge on any atom is -0.478 e. The number of amides is 1. The molecule has 2 N–H and O–H groups in total. The lowest BCUT2D eigenvalue weighted by atomic mass is 9.85. The zero-order valence-corrected chi connectivity index (χ0v) is 26.4. The summed E-state index contributed by atoms with van der Waals surface area (Å²) in [5.41, 5.74) is 2.94. The van der Waals surface area contributed by atoms with E-state index in [0.29, 0.717) is 24.2 Å². The van der Waals surface area contributed by atoms with E-state index < -0.39 is 23.3 Å². The van der Waals surface area contributed by atoms with Gasteiger partial charge in [-0.05, 0) is 79.0 Å². The molecular formula is C36H43FN2O4. The molecule has 0 saturated heterocycles. The van der Waals surface area contributed by atoms with Crippen molar-refractivity contribution in [2.45, 2.75) is 85.4 Å². The number of hydrogen-bond donors (Lipinski definition) is 2. The Hall–Kier alpha value is -4.13. The van der Waals surface area contributed by atoms with Gasteiger partial charge in [-0.3, -0.25) is 4.79 Å². The number of hydrogen-bond acceptors (Lipinski definition) is 3. The van der Waals surface area contributed by atoms with Gasteiger partial charge >= 0.3 is 5.97 Å². The molecule has 0 saturated carbocycles. The van der Waals surface area contributed by atoms with Gasteiger partial charge in [-0.1, -0.05) is 77.1 Å². The third kappa shape index (κ3) is 7.27. The van der Waals surface area contributed by atoms with Crippen LogP contribution in [0.2, 0.25) is 0 Å². The Balaban J connectivity index is 1.65. The molecule has 0 aliphatic heterocycles. The van der Waals surface area contributed by atoms with Crippen LogP contribution in [0.3, 0.4) is 0 Å². The summed E-state index contributed by atoms with van der Waals surface area (Å²) >= 11 is 0. The van der Waals surface area contributed by atoms with Crippen molar-refractivity contribution in [2.75, 3.05) is 0 Å². The minimum atomic E-state index is -1.38. The number of halogens is 1. The zero-order valence-electron chi connectivity index (χ0n) is 26.4. The lowest BCUT2D eigenvalue weighted by molar-refractivity contribution is -0.152. The van der Waals surface area contributed by atoms with Gasteiger partial charge in [0.05, 0.1) is 17.1 Å². The first-order valence-corrected chi connectivity index (χ1v) is 14.8. The molecule has 1 amide bonds. The first-order chi connectivity index (χ1) is 20.1. The molecule has 228 valence electrons. The highest BCUT2D eigenvalue weighted by atomic mass is 19.1. The maximum absolute atomic E-state index is 16.2. The van der Waals surface area contributed by atoms with Crippen LogP contribution in [0.5, 0.6) is 5.75 Å². The van der Waals surface area contributed by atoms with Gasteiger partial charge in [0.1, 0.15) is 5.75 Å². The molecule has 1 aromatic heterocycles. The fraction of sp³-hybridized carbons (Fsp3) is 0.389. The van der Waals surface area contributed by atoms with E-state index in [4.69, 9.17) is 4.74 Å². The number of carboxylic acids is 1. The molecule has 0 fully saturated rings. The van der Waals surface area contributed by atoms with E-state index in [0.717, 1.165) is 22.1 Å². The average Bonchev–Trinajstić information content (AvgIpc) is 3.24. The van der Waals surface area contributed by atoms with E-state index in [1.165, 1.54) is 19.4 Å². The smallest absolute Gasteiger partial charge is 0.347 e. The van der Waals surface area contributed by atoms with Crippen LogP contribution < -0.4 is 10.1 Å². The summed E-state index contributed by atoms with van der Waals surface area (Å²) in [6.45, 7) is 16.1. The van der Waals surface area contributed by atoms with Crippen LogP contribution >= 0.6 is 0 Å². The number of nitrogens with one attached hydrogen (secondary N) is 1. The number of ether oxygens (including phenoxy) is 1. The van der Waals surface area contributed by atoms with Gasteiger partial charge in [-0.15, -0.1) is 0 Å². The number of benzene rings is 3. The average molecular weight is 587 g/mol. The van der Waals surface area contributed by atoms with Crippen LogP contribution in [-0.4, -0.2) is 27.2 Å². The summed E-state index contributed by atoms with van der Waals surface area (Å²) in [7, 11) is 0. The van der Waals surface area contributed by atoms with E-state index in [1.54, 1.807) is 12.1 Å². The molecule has 3 aromatic carbocycles. The Morgan fingerprint density at radius 1 is 0.977 bits per heavy atom. The fourth-order valence-electron chi connectivity index (χ4n) is 5.19. The topological polar surface area (TPSA) is 80.6 Å². The molecule has 0 aliphatic rings. The van der Waals surface area contributed by atoms with Crippen molar-refractivity contribution in [3.63, 3.8) is 0 Å². The van der Waals surface area contributed by atoms with Crippen LogP contribution in [0.25, 0.3) is 10.9 Å². The highest BCUT2D eigenvalue weighted by Crippen LogP contribution is 2.31. The zero-order chi connectivity index (χ0) is 31.7. The van der Waals surface area contributed by atoms with Crippen molar-refractivity contribution >= 4 is 22.8 Å². The molecule has 4 aromatic rings. The van der Waals surface area contributed by atoms with Gasteiger partial charge in [-0.2, -0.15) is 0 Å². The quantitative estimate of drug-likeness (QED) is 0.197. The van der Waals surface area contributed by atoms with Crippen LogP contribution in [0.4, 0.5) is 4.39 Å². The van der Waals surface area contributed by atoms with Crippen LogP contribution in [-0.2, 0) is 23.2 Å². The highest BCUT2D eigenvalue weighted by Gasteiger charge is 2.29. The van der Waals surface area contributed by atoms with Gasteiger partial charge in [-0.25, -0.2) is 9.18 Å². The van der Waals surface area contributed by atoms with Crippen molar-refractivity contribution in [3.8, 4) is 5.75 Å². The molecular weight excluding hydrogens is 543 g/mol. The van der Waals surface area contributed by atoms with E-state index in [1.807, 2.05) is 54.1 Å². The molecule has 7 heteroatoms. The number of aliphatic carboxylic acids is 1. The number of carboxylic acid groups (broad SMARTS) is 1. The predicted octanol–water partition coefficient (Wildman–Crippen LogP) is 8.06. The molecule has 0 spiro atoms. The van der Waals surface area contributed by atoms with Gasteiger partial charge in [0.15, 0.2) is 11.4 Å². The third-order valence-corrected chi connectivity index (χ3v) is 7.65. The normalized spacial score (nSPS) is 12.9. The van der Waals surface area contributed by atoms with Crippen molar-refractivity contribution in [1.82, 2.24) is 9.88 Å². The summed E-state index contributed by atoms with van der Waals surface area (Å²) < 4.78 is 23.8. The molecule has 0 bridgehead atoms. The number of rotatable bonds is 10. The van der Waals surface area contributed by atoms with E-state index >= 15 is 4.39 Å². The van der Waals surface area contributed by atoms with E-state index in [2.05, 4.69) is 52.1 Å². The van der Waals surface area contributed by atoms with Crippen LogP contribution in [0.1, 0.15) is 94.0 Å². The number of nitrogens with zero attached hydrogens (tertiary/aromatic N) is 1. The van der Waals surface area contributed by atoms with Crippen LogP contribution in [0.15, 0.2) is 66.9 Å². The Labute approximate surface area is 253 Å². The number of carbonyl (C=O) groups is 2. The second-order valence-electron chi connectivity index (χ2n) is 13.3.